The van der Waals surface area contributed by atoms with Gasteiger partial charge in [-0.15, -0.1) is 22.9 Å². The monoisotopic (exact) mass is 348 g/mol. The average molecular weight is 350 g/mol. The Morgan fingerprint density at radius 3 is 2.47 bits per heavy atom. The highest BCUT2D eigenvalue weighted by atomic mass is 79.9. The minimum atomic E-state index is -0.159. The first-order valence-electron chi connectivity index (χ1n) is 5.15. The Bertz CT molecular complexity index is 548. The van der Waals surface area contributed by atoms with E-state index in [2.05, 4.69) is 35.8 Å². The van der Waals surface area contributed by atoms with Gasteiger partial charge in [0.2, 0.25) is 0 Å². The van der Waals surface area contributed by atoms with Gasteiger partial charge in [-0.1, -0.05) is 27.5 Å². The van der Waals surface area contributed by atoms with E-state index in [1.165, 1.54) is 9.75 Å². The maximum Gasteiger partial charge on any atom is 0.0857 e. The lowest BCUT2D eigenvalue weighted by Crippen LogP contribution is -1.94. The smallest absolute Gasteiger partial charge is 0.0857 e. The molecule has 0 bridgehead atoms. The van der Waals surface area contributed by atoms with E-state index in [1.807, 2.05) is 18.2 Å². The molecule has 0 saturated carbocycles. The molecule has 0 aliphatic carbocycles. The van der Waals surface area contributed by atoms with Crippen molar-refractivity contribution in [2.45, 2.75) is 19.2 Å². The number of thiophene rings is 1. The third kappa shape index (κ3) is 2.87. The predicted molar refractivity (Wildman–Crippen MR) is 80.6 cm³/mol. The van der Waals surface area contributed by atoms with Crippen molar-refractivity contribution >= 4 is 50.5 Å². The molecule has 1 aromatic carbocycles. The lowest BCUT2D eigenvalue weighted by atomic mass is 10.1. The zero-order valence-electron chi connectivity index (χ0n) is 9.43. The van der Waals surface area contributed by atoms with Crippen LogP contribution in [0.25, 0.3) is 0 Å². The topological polar surface area (TPSA) is 0 Å². The van der Waals surface area contributed by atoms with E-state index in [0.717, 1.165) is 15.6 Å². The molecule has 0 radical (unpaired) electrons. The highest BCUT2D eigenvalue weighted by molar-refractivity contribution is 9.10. The van der Waals surface area contributed by atoms with Gasteiger partial charge in [-0.3, -0.25) is 0 Å². The lowest BCUT2D eigenvalue weighted by molar-refractivity contribution is 1.12. The summed E-state index contributed by atoms with van der Waals surface area (Å²) in [5.41, 5.74) is 2.18. The Hall–Kier alpha value is -0.0200. The maximum atomic E-state index is 6.55. The number of rotatable bonds is 2. The summed E-state index contributed by atoms with van der Waals surface area (Å²) in [6.45, 7) is 4.19. The molecule has 2 aromatic rings. The van der Waals surface area contributed by atoms with Crippen LogP contribution in [-0.4, -0.2) is 0 Å². The van der Waals surface area contributed by atoms with Crippen molar-refractivity contribution in [3.8, 4) is 0 Å². The summed E-state index contributed by atoms with van der Waals surface area (Å²) in [5, 5.41) is 0.548. The van der Waals surface area contributed by atoms with Crippen molar-refractivity contribution in [2.75, 3.05) is 0 Å². The Morgan fingerprint density at radius 2 is 1.88 bits per heavy atom. The lowest BCUT2D eigenvalue weighted by Gasteiger charge is -2.12. The Morgan fingerprint density at radius 1 is 1.18 bits per heavy atom. The fourth-order valence-corrected chi connectivity index (χ4v) is 4.00. The van der Waals surface area contributed by atoms with Crippen LogP contribution in [-0.2, 0) is 0 Å². The van der Waals surface area contributed by atoms with E-state index in [0.29, 0.717) is 5.02 Å². The van der Waals surface area contributed by atoms with Crippen LogP contribution in [0, 0.1) is 13.8 Å². The molecule has 1 aromatic heterocycles. The SMILES string of the molecule is Cc1cc(C(Cl)c2cc(Cl)ccc2Br)c(C)s1. The second-order valence-corrected chi connectivity index (χ2v) is 7.08. The third-order valence-electron chi connectivity index (χ3n) is 2.58. The molecular weight excluding hydrogens is 339 g/mol. The fourth-order valence-electron chi connectivity index (χ4n) is 1.78. The second kappa shape index (κ2) is 5.31. The summed E-state index contributed by atoms with van der Waals surface area (Å²) < 4.78 is 0.991. The van der Waals surface area contributed by atoms with E-state index in [-0.39, 0.29) is 5.38 Å². The van der Waals surface area contributed by atoms with Gasteiger partial charge in [0.25, 0.3) is 0 Å². The quantitative estimate of drug-likeness (QED) is 0.574. The maximum absolute atomic E-state index is 6.55. The van der Waals surface area contributed by atoms with Gasteiger partial charge in [-0.25, -0.2) is 0 Å². The first kappa shape index (κ1) is 13.4. The van der Waals surface area contributed by atoms with Crippen LogP contribution in [0.4, 0.5) is 0 Å². The summed E-state index contributed by atoms with van der Waals surface area (Å²) in [6.07, 6.45) is 0. The molecule has 17 heavy (non-hydrogen) atoms. The molecule has 4 heteroatoms. The summed E-state index contributed by atoms with van der Waals surface area (Å²) in [7, 11) is 0. The number of alkyl halides is 1. The molecule has 0 fully saturated rings. The van der Waals surface area contributed by atoms with Crippen LogP contribution in [0.3, 0.4) is 0 Å². The van der Waals surface area contributed by atoms with Crippen molar-refractivity contribution in [3.05, 3.63) is 54.6 Å². The molecule has 0 saturated heterocycles. The van der Waals surface area contributed by atoms with Gasteiger partial charge in [-0.05, 0) is 49.2 Å². The van der Waals surface area contributed by atoms with Crippen molar-refractivity contribution < 1.29 is 0 Å². The van der Waals surface area contributed by atoms with Gasteiger partial charge in [0.15, 0.2) is 0 Å². The molecule has 1 heterocycles. The second-order valence-electron chi connectivity index (χ2n) is 3.90. The largest absolute Gasteiger partial charge is 0.146 e. The molecule has 0 aliphatic rings. The zero-order chi connectivity index (χ0) is 12.6. The molecule has 0 spiro atoms. The number of aryl methyl sites for hydroxylation is 2. The van der Waals surface area contributed by atoms with E-state index < -0.39 is 0 Å². The van der Waals surface area contributed by atoms with Crippen molar-refractivity contribution in [1.82, 2.24) is 0 Å². The molecule has 0 aliphatic heterocycles. The van der Waals surface area contributed by atoms with Crippen LogP contribution >= 0.6 is 50.5 Å². The normalized spacial score (nSPS) is 12.8. The minimum Gasteiger partial charge on any atom is -0.146 e. The average Bonchev–Trinajstić information content (AvgIpc) is 2.60. The standard InChI is InChI=1S/C13H11BrCl2S/c1-7-5-10(8(2)17-7)13(16)11-6-9(15)3-4-12(11)14/h3-6,13H,1-2H3. The number of hydrogen-bond acceptors (Lipinski definition) is 1. The summed E-state index contributed by atoms with van der Waals surface area (Å²) in [5.74, 6) is 0. The summed E-state index contributed by atoms with van der Waals surface area (Å²) in [6, 6.07) is 7.84. The molecule has 0 nitrogen and oxygen atoms in total. The van der Waals surface area contributed by atoms with E-state index in [4.69, 9.17) is 23.2 Å². The molecule has 0 N–H and O–H groups in total. The number of hydrogen-bond donors (Lipinski definition) is 0. The van der Waals surface area contributed by atoms with Crippen LogP contribution in [0.1, 0.15) is 26.3 Å². The van der Waals surface area contributed by atoms with Gasteiger partial charge in [0.1, 0.15) is 0 Å². The molecular formula is C13H11BrCl2S. The van der Waals surface area contributed by atoms with Crippen LogP contribution in [0.2, 0.25) is 5.02 Å². The molecule has 2 rings (SSSR count). The zero-order valence-corrected chi connectivity index (χ0v) is 13.3. The summed E-state index contributed by atoms with van der Waals surface area (Å²) >= 11 is 17.9. The Balaban J connectivity index is 2.46. The molecule has 0 amide bonds. The number of halogens is 3. The molecule has 90 valence electrons. The van der Waals surface area contributed by atoms with Crippen molar-refractivity contribution in [3.63, 3.8) is 0 Å². The summed E-state index contributed by atoms with van der Waals surface area (Å²) in [4.78, 5) is 2.54. The first-order valence-corrected chi connectivity index (χ1v) is 7.57. The van der Waals surface area contributed by atoms with Gasteiger partial charge >= 0.3 is 0 Å². The van der Waals surface area contributed by atoms with E-state index in [1.54, 1.807) is 11.3 Å². The fraction of sp³-hybridized carbons (Fsp3) is 0.231. The Labute approximate surface area is 124 Å². The minimum absolute atomic E-state index is 0.159. The third-order valence-corrected chi connectivity index (χ3v) is 4.99. The van der Waals surface area contributed by atoms with Crippen molar-refractivity contribution in [1.29, 1.82) is 0 Å². The van der Waals surface area contributed by atoms with E-state index >= 15 is 0 Å². The van der Waals surface area contributed by atoms with Crippen LogP contribution < -0.4 is 0 Å². The highest BCUT2D eigenvalue weighted by Gasteiger charge is 2.18. The van der Waals surface area contributed by atoms with Crippen molar-refractivity contribution in [2.24, 2.45) is 0 Å². The highest BCUT2D eigenvalue weighted by Crippen LogP contribution is 2.39. The molecule has 1 unspecified atom stereocenters. The van der Waals surface area contributed by atoms with E-state index in [9.17, 15) is 0 Å². The van der Waals surface area contributed by atoms with Gasteiger partial charge in [0.05, 0.1) is 5.38 Å². The van der Waals surface area contributed by atoms with Gasteiger partial charge < -0.3 is 0 Å². The Kier molecular flexibility index (Phi) is 4.19. The van der Waals surface area contributed by atoms with Gasteiger partial charge in [0, 0.05) is 19.2 Å². The van der Waals surface area contributed by atoms with Gasteiger partial charge in [-0.2, -0.15) is 0 Å². The predicted octanol–water partition coefficient (Wildman–Crippen LogP) is 6.11. The first-order chi connectivity index (χ1) is 7.99. The van der Waals surface area contributed by atoms with Crippen LogP contribution in [0.5, 0.6) is 0 Å². The van der Waals surface area contributed by atoms with Crippen LogP contribution in [0.15, 0.2) is 28.7 Å². The number of benzene rings is 1. The molecule has 1 atom stereocenters.